The predicted molar refractivity (Wildman–Crippen MR) is 96.8 cm³/mol. The van der Waals surface area contributed by atoms with Gasteiger partial charge in [0.15, 0.2) is 0 Å². The van der Waals surface area contributed by atoms with Gasteiger partial charge in [-0.1, -0.05) is 32.0 Å². The first kappa shape index (κ1) is 17.8. The Balaban J connectivity index is 1.67. The van der Waals surface area contributed by atoms with E-state index in [-0.39, 0.29) is 17.9 Å². The summed E-state index contributed by atoms with van der Waals surface area (Å²) in [5.41, 5.74) is 1.32. The maximum Gasteiger partial charge on any atom is 0.223 e. The minimum Gasteiger partial charge on any atom is -0.369 e. The highest BCUT2D eigenvalue weighted by molar-refractivity contribution is 5.78. The highest BCUT2D eigenvalue weighted by Crippen LogP contribution is 2.15. The summed E-state index contributed by atoms with van der Waals surface area (Å²) in [5.74, 6) is 0.306. The van der Waals surface area contributed by atoms with Crippen molar-refractivity contribution >= 4 is 11.6 Å². The number of nitrogens with zero attached hydrogens (tertiary/aromatic N) is 2. The third-order valence-corrected chi connectivity index (χ3v) is 4.82. The Bertz CT molecular complexity index is 469. The lowest BCUT2D eigenvalue weighted by atomic mass is 10.1. The largest absolute Gasteiger partial charge is 0.369 e. The van der Waals surface area contributed by atoms with Crippen molar-refractivity contribution in [3.63, 3.8) is 0 Å². The summed E-state index contributed by atoms with van der Waals surface area (Å²) in [4.78, 5) is 16.9. The molecule has 0 bridgehead atoms. The topological polar surface area (TPSA) is 35.6 Å². The first-order valence-corrected chi connectivity index (χ1v) is 8.93. The molecule has 1 saturated heterocycles. The Hall–Kier alpha value is -1.55. The molecule has 0 aliphatic carbocycles. The van der Waals surface area contributed by atoms with Gasteiger partial charge in [0.1, 0.15) is 0 Å². The van der Waals surface area contributed by atoms with Gasteiger partial charge in [0.2, 0.25) is 5.91 Å². The fourth-order valence-corrected chi connectivity index (χ4v) is 2.89. The second kappa shape index (κ2) is 8.92. The highest BCUT2D eigenvalue weighted by atomic mass is 16.1. The van der Waals surface area contributed by atoms with Gasteiger partial charge >= 0.3 is 0 Å². The van der Waals surface area contributed by atoms with E-state index in [1.807, 2.05) is 6.92 Å². The third kappa shape index (κ3) is 5.54. The van der Waals surface area contributed by atoms with E-state index in [9.17, 15) is 4.79 Å². The van der Waals surface area contributed by atoms with Gasteiger partial charge in [-0.25, -0.2) is 0 Å². The molecule has 4 heteroatoms. The molecular formula is C19H31N3O. The molecule has 1 aromatic rings. The summed E-state index contributed by atoms with van der Waals surface area (Å²) in [6, 6.07) is 10.9. The predicted octanol–water partition coefficient (Wildman–Crippen LogP) is 2.75. The van der Waals surface area contributed by atoms with Gasteiger partial charge in [-0.05, 0) is 31.9 Å². The zero-order valence-corrected chi connectivity index (χ0v) is 14.8. The van der Waals surface area contributed by atoms with Gasteiger partial charge < -0.3 is 10.2 Å². The van der Waals surface area contributed by atoms with Crippen molar-refractivity contribution in [2.45, 2.75) is 39.7 Å². The average molecular weight is 317 g/mol. The van der Waals surface area contributed by atoms with Gasteiger partial charge in [0, 0.05) is 50.4 Å². The molecule has 23 heavy (non-hydrogen) atoms. The molecule has 128 valence electrons. The van der Waals surface area contributed by atoms with Crippen molar-refractivity contribution in [2.75, 3.05) is 37.6 Å². The van der Waals surface area contributed by atoms with Crippen LogP contribution >= 0.6 is 0 Å². The molecule has 0 unspecified atom stereocenters. The first-order chi connectivity index (χ1) is 11.1. The molecule has 2 atom stereocenters. The zero-order chi connectivity index (χ0) is 16.7. The quantitative estimate of drug-likeness (QED) is 0.840. The normalized spacial score (nSPS) is 18.5. The maximum absolute atomic E-state index is 11.9. The Morgan fingerprint density at radius 1 is 1.13 bits per heavy atom. The number of benzene rings is 1. The Labute approximate surface area is 140 Å². The van der Waals surface area contributed by atoms with Crippen LogP contribution in [0.2, 0.25) is 0 Å². The van der Waals surface area contributed by atoms with E-state index in [1.54, 1.807) is 0 Å². The van der Waals surface area contributed by atoms with Crippen LogP contribution in [0.5, 0.6) is 0 Å². The van der Waals surface area contributed by atoms with Crippen LogP contribution in [0.3, 0.4) is 0 Å². The van der Waals surface area contributed by atoms with Gasteiger partial charge in [0.05, 0.1) is 0 Å². The number of carbonyl (C=O) groups is 1. The van der Waals surface area contributed by atoms with Crippen molar-refractivity contribution in [2.24, 2.45) is 5.92 Å². The summed E-state index contributed by atoms with van der Waals surface area (Å²) in [6.07, 6.45) is 1.92. The molecule has 1 N–H and O–H groups in total. The molecule has 1 heterocycles. The summed E-state index contributed by atoms with van der Waals surface area (Å²) < 4.78 is 0. The molecule has 0 spiro atoms. The molecule has 0 radical (unpaired) electrons. The Morgan fingerprint density at radius 3 is 2.39 bits per heavy atom. The fraction of sp³-hybridized carbons (Fsp3) is 0.632. The number of amides is 1. The highest BCUT2D eigenvalue weighted by Gasteiger charge is 2.18. The van der Waals surface area contributed by atoms with E-state index in [4.69, 9.17) is 0 Å². The van der Waals surface area contributed by atoms with Crippen LogP contribution in [0.15, 0.2) is 30.3 Å². The lowest BCUT2D eigenvalue weighted by Gasteiger charge is -2.36. The molecule has 0 saturated carbocycles. The molecule has 1 amide bonds. The first-order valence-electron chi connectivity index (χ1n) is 8.93. The smallest absolute Gasteiger partial charge is 0.223 e. The number of anilines is 1. The van der Waals surface area contributed by atoms with Crippen molar-refractivity contribution in [1.29, 1.82) is 0 Å². The van der Waals surface area contributed by atoms with E-state index in [0.29, 0.717) is 0 Å². The Kier molecular flexibility index (Phi) is 6.90. The third-order valence-electron chi connectivity index (χ3n) is 4.82. The van der Waals surface area contributed by atoms with Gasteiger partial charge in [-0.15, -0.1) is 0 Å². The van der Waals surface area contributed by atoms with Crippen LogP contribution in [0, 0.1) is 5.92 Å². The van der Waals surface area contributed by atoms with E-state index in [1.165, 1.54) is 5.69 Å². The van der Waals surface area contributed by atoms with Crippen LogP contribution in [-0.4, -0.2) is 49.6 Å². The van der Waals surface area contributed by atoms with Crippen molar-refractivity contribution < 1.29 is 4.79 Å². The standard InChI is InChI=1S/C19H31N3O/c1-4-16(2)19(23)20-17(3)10-11-21-12-14-22(15-13-21)18-8-6-5-7-9-18/h5-9,16-17H,4,10-15H2,1-3H3,(H,20,23)/t16-,17+/m1/s1. The van der Waals surface area contributed by atoms with Crippen molar-refractivity contribution in [3.8, 4) is 0 Å². The second-order valence-corrected chi connectivity index (χ2v) is 6.67. The zero-order valence-electron chi connectivity index (χ0n) is 14.8. The van der Waals surface area contributed by atoms with Crippen LogP contribution in [0.4, 0.5) is 5.69 Å². The van der Waals surface area contributed by atoms with E-state index < -0.39 is 0 Å². The molecule has 1 aliphatic heterocycles. The number of piperazine rings is 1. The summed E-state index contributed by atoms with van der Waals surface area (Å²) in [5, 5.41) is 3.13. The van der Waals surface area contributed by atoms with Crippen molar-refractivity contribution in [1.82, 2.24) is 10.2 Å². The van der Waals surface area contributed by atoms with Gasteiger partial charge in [-0.2, -0.15) is 0 Å². The fourth-order valence-electron chi connectivity index (χ4n) is 2.89. The maximum atomic E-state index is 11.9. The lowest BCUT2D eigenvalue weighted by molar-refractivity contribution is -0.125. The second-order valence-electron chi connectivity index (χ2n) is 6.67. The summed E-state index contributed by atoms with van der Waals surface area (Å²) >= 11 is 0. The number of carbonyl (C=O) groups excluding carboxylic acids is 1. The van der Waals surface area contributed by atoms with Crippen LogP contribution < -0.4 is 10.2 Å². The number of para-hydroxylation sites is 1. The van der Waals surface area contributed by atoms with Crippen molar-refractivity contribution in [3.05, 3.63) is 30.3 Å². The molecule has 1 aromatic carbocycles. The van der Waals surface area contributed by atoms with Crippen LogP contribution in [0.1, 0.15) is 33.6 Å². The number of hydrogen-bond donors (Lipinski definition) is 1. The molecule has 0 aromatic heterocycles. The molecular weight excluding hydrogens is 286 g/mol. The molecule has 1 fully saturated rings. The molecule has 4 nitrogen and oxygen atoms in total. The molecule has 2 rings (SSSR count). The molecule has 1 aliphatic rings. The SMILES string of the molecule is CC[C@@H](C)C(=O)N[C@@H](C)CCN1CCN(c2ccccc2)CC1. The minimum atomic E-state index is 0.117. The Morgan fingerprint density at radius 2 is 1.78 bits per heavy atom. The summed E-state index contributed by atoms with van der Waals surface area (Å²) in [7, 11) is 0. The number of hydrogen-bond acceptors (Lipinski definition) is 3. The number of rotatable bonds is 7. The van der Waals surface area contributed by atoms with Crippen LogP contribution in [-0.2, 0) is 4.79 Å². The van der Waals surface area contributed by atoms with Gasteiger partial charge in [-0.3, -0.25) is 9.69 Å². The van der Waals surface area contributed by atoms with E-state index in [2.05, 4.69) is 59.3 Å². The minimum absolute atomic E-state index is 0.117. The van der Waals surface area contributed by atoms with E-state index in [0.717, 1.165) is 45.6 Å². The number of nitrogens with one attached hydrogen (secondary N) is 1. The van der Waals surface area contributed by atoms with E-state index >= 15 is 0 Å². The van der Waals surface area contributed by atoms with Crippen LogP contribution in [0.25, 0.3) is 0 Å². The monoisotopic (exact) mass is 317 g/mol. The van der Waals surface area contributed by atoms with Gasteiger partial charge in [0.25, 0.3) is 0 Å². The lowest BCUT2D eigenvalue weighted by Crippen LogP contribution is -2.47. The summed E-state index contributed by atoms with van der Waals surface area (Å²) in [6.45, 7) is 11.6. The average Bonchev–Trinajstić information content (AvgIpc) is 2.60.